The summed E-state index contributed by atoms with van der Waals surface area (Å²) in [5.74, 6) is 1.68. The SMILES string of the molecule is CC1(Nc2nc(C3CC3)ns2)CCOC1. The Morgan fingerprint density at radius 3 is 3.07 bits per heavy atom. The number of nitrogens with zero attached hydrogens (tertiary/aromatic N) is 2. The summed E-state index contributed by atoms with van der Waals surface area (Å²) in [6.07, 6.45) is 3.57. The second kappa shape index (κ2) is 3.42. The van der Waals surface area contributed by atoms with Crippen molar-refractivity contribution in [2.24, 2.45) is 0 Å². The van der Waals surface area contributed by atoms with E-state index in [0.29, 0.717) is 5.92 Å². The van der Waals surface area contributed by atoms with Gasteiger partial charge in [0, 0.05) is 24.1 Å². The van der Waals surface area contributed by atoms with Gasteiger partial charge >= 0.3 is 0 Å². The van der Waals surface area contributed by atoms with Crippen molar-refractivity contribution in [3.63, 3.8) is 0 Å². The molecule has 0 radical (unpaired) electrons. The van der Waals surface area contributed by atoms with Crippen LogP contribution < -0.4 is 5.32 Å². The molecule has 82 valence electrons. The Morgan fingerprint density at radius 2 is 2.40 bits per heavy atom. The molecule has 3 rings (SSSR count). The first-order valence-corrected chi connectivity index (χ1v) is 6.22. The molecule has 1 aromatic rings. The fraction of sp³-hybridized carbons (Fsp3) is 0.800. The summed E-state index contributed by atoms with van der Waals surface area (Å²) in [5, 5.41) is 4.39. The van der Waals surface area contributed by atoms with Gasteiger partial charge in [0.25, 0.3) is 0 Å². The van der Waals surface area contributed by atoms with Gasteiger partial charge in [0.2, 0.25) is 5.13 Å². The second-order valence-corrected chi connectivity index (χ2v) is 5.47. The molecule has 1 saturated carbocycles. The Bertz CT molecular complexity index is 355. The lowest BCUT2D eigenvalue weighted by Gasteiger charge is -2.22. The summed E-state index contributed by atoms with van der Waals surface area (Å²) < 4.78 is 9.77. The number of hydrogen-bond donors (Lipinski definition) is 1. The summed E-state index contributed by atoms with van der Waals surface area (Å²) >= 11 is 1.48. The molecule has 2 fully saturated rings. The lowest BCUT2D eigenvalue weighted by molar-refractivity contribution is 0.185. The maximum atomic E-state index is 5.39. The first kappa shape index (κ1) is 9.54. The predicted molar refractivity (Wildman–Crippen MR) is 59.3 cm³/mol. The highest BCUT2D eigenvalue weighted by atomic mass is 32.1. The lowest BCUT2D eigenvalue weighted by Crippen LogP contribution is -2.34. The Labute approximate surface area is 93.2 Å². The summed E-state index contributed by atoms with van der Waals surface area (Å²) in [5.41, 5.74) is 0.0559. The molecule has 1 saturated heterocycles. The summed E-state index contributed by atoms with van der Waals surface area (Å²) in [7, 11) is 0. The van der Waals surface area contributed by atoms with Crippen molar-refractivity contribution in [2.45, 2.75) is 37.6 Å². The van der Waals surface area contributed by atoms with E-state index >= 15 is 0 Å². The van der Waals surface area contributed by atoms with E-state index in [1.54, 1.807) is 0 Å². The maximum Gasteiger partial charge on any atom is 0.203 e. The van der Waals surface area contributed by atoms with Gasteiger partial charge < -0.3 is 10.1 Å². The van der Waals surface area contributed by atoms with Gasteiger partial charge in [-0.25, -0.2) is 4.98 Å². The Balaban J connectivity index is 1.70. The Morgan fingerprint density at radius 1 is 1.53 bits per heavy atom. The molecule has 1 aliphatic heterocycles. The van der Waals surface area contributed by atoms with E-state index in [2.05, 4.69) is 21.6 Å². The molecule has 4 nitrogen and oxygen atoms in total. The molecule has 2 heterocycles. The second-order valence-electron chi connectivity index (χ2n) is 4.72. The number of rotatable bonds is 3. The molecular weight excluding hydrogens is 210 g/mol. The third-order valence-electron chi connectivity index (χ3n) is 3.01. The first-order valence-electron chi connectivity index (χ1n) is 5.45. The molecule has 1 aliphatic carbocycles. The minimum atomic E-state index is 0.0559. The Hall–Kier alpha value is -0.680. The minimum absolute atomic E-state index is 0.0559. The average Bonchev–Trinajstić information content (AvgIpc) is 2.83. The topological polar surface area (TPSA) is 47.0 Å². The molecule has 5 heteroatoms. The van der Waals surface area contributed by atoms with Crippen molar-refractivity contribution in [1.29, 1.82) is 0 Å². The van der Waals surface area contributed by atoms with E-state index in [1.165, 1.54) is 24.4 Å². The van der Waals surface area contributed by atoms with Crippen LogP contribution in [0.2, 0.25) is 0 Å². The molecular formula is C10H15N3OS. The maximum absolute atomic E-state index is 5.39. The molecule has 0 spiro atoms. The van der Waals surface area contributed by atoms with Gasteiger partial charge in [0.1, 0.15) is 5.82 Å². The molecule has 0 amide bonds. The molecule has 0 bridgehead atoms. The van der Waals surface area contributed by atoms with Crippen molar-refractivity contribution in [3.05, 3.63) is 5.82 Å². The minimum Gasteiger partial charge on any atom is -0.379 e. The number of aromatic nitrogens is 2. The third-order valence-corrected chi connectivity index (χ3v) is 3.66. The highest BCUT2D eigenvalue weighted by Crippen LogP contribution is 2.39. The normalized spacial score (nSPS) is 30.7. The van der Waals surface area contributed by atoms with Gasteiger partial charge in [0.15, 0.2) is 0 Å². The summed E-state index contributed by atoms with van der Waals surface area (Å²) in [6, 6.07) is 0. The quantitative estimate of drug-likeness (QED) is 0.854. The van der Waals surface area contributed by atoms with Crippen LogP contribution >= 0.6 is 11.5 Å². The zero-order chi connectivity index (χ0) is 10.3. The molecule has 1 N–H and O–H groups in total. The number of hydrogen-bond acceptors (Lipinski definition) is 5. The van der Waals surface area contributed by atoms with Gasteiger partial charge in [-0.1, -0.05) is 0 Å². The van der Waals surface area contributed by atoms with Gasteiger partial charge in [-0.15, -0.1) is 0 Å². The van der Waals surface area contributed by atoms with Crippen LogP contribution in [0.5, 0.6) is 0 Å². The van der Waals surface area contributed by atoms with E-state index in [4.69, 9.17) is 4.74 Å². The Kier molecular flexibility index (Phi) is 2.17. The third kappa shape index (κ3) is 1.99. The highest BCUT2D eigenvalue weighted by Gasteiger charge is 2.32. The van der Waals surface area contributed by atoms with Gasteiger partial charge in [-0.05, 0) is 26.2 Å². The van der Waals surface area contributed by atoms with E-state index in [1.807, 2.05) is 0 Å². The number of anilines is 1. The van der Waals surface area contributed by atoms with Crippen LogP contribution in [0.1, 0.15) is 37.9 Å². The molecule has 2 aliphatic rings. The lowest BCUT2D eigenvalue weighted by atomic mass is 10.0. The standard InChI is InChI=1S/C10H15N3OS/c1-10(4-5-14-6-10)12-9-11-8(13-15-9)7-2-3-7/h7H,2-6H2,1H3,(H,11,12,13). The fourth-order valence-electron chi connectivity index (χ4n) is 1.82. The zero-order valence-corrected chi connectivity index (χ0v) is 9.64. The molecule has 1 aromatic heterocycles. The van der Waals surface area contributed by atoms with Crippen molar-refractivity contribution in [1.82, 2.24) is 9.36 Å². The van der Waals surface area contributed by atoms with Crippen LogP contribution in [0.25, 0.3) is 0 Å². The monoisotopic (exact) mass is 225 g/mol. The van der Waals surface area contributed by atoms with Crippen molar-refractivity contribution >= 4 is 16.7 Å². The van der Waals surface area contributed by atoms with Gasteiger partial charge in [-0.2, -0.15) is 4.37 Å². The summed E-state index contributed by atoms with van der Waals surface area (Å²) in [6.45, 7) is 3.79. The van der Waals surface area contributed by atoms with Gasteiger partial charge in [-0.3, -0.25) is 0 Å². The van der Waals surface area contributed by atoms with Crippen molar-refractivity contribution in [2.75, 3.05) is 18.5 Å². The molecule has 1 unspecified atom stereocenters. The van der Waals surface area contributed by atoms with Crippen LogP contribution in [-0.2, 0) is 4.74 Å². The molecule has 1 atom stereocenters. The van der Waals surface area contributed by atoms with Crippen LogP contribution in [0.3, 0.4) is 0 Å². The van der Waals surface area contributed by atoms with E-state index in [9.17, 15) is 0 Å². The van der Waals surface area contributed by atoms with Gasteiger partial charge in [0.05, 0.1) is 12.1 Å². The average molecular weight is 225 g/mol. The van der Waals surface area contributed by atoms with Crippen LogP contribution in [0.15, 0.2) is 0 Å². The first-order chi connectivity index (χ1) is 7.25. The smallest absolute Gasteiger partial charge is 0.203 e. The van der Waals surface area contributed by atoms with E-state index < -0.39 is 0 Å². The molecule has 0 aromatic carbocycles. The van der Waals surface area contributed by atoms with Crippen LogP contribution in [0.4, 0.5) is 5.13 Å². The van der Waals surface area contributed by atoms with E-state index in [0.717, 1.165) is 30.6 Å². The molecule has 15 heavy (non-hydrogen) atoms. The van der Waals surface area contributed by atoms with Crippen LogP contribution in [-0.4, -0.2) is 28.1 Å². The largest absolute Gasteiger partial charge is 0.379 e. The predicted octanol–water partition coefficient (Wildman–Crippen LogP) is 2.01. The van der Waals surface area contributed by atoms with Crippen molar-refractivity contribution in [3.8, 4) is 0 Å². The number of ether oxygens (including phenoxy) is 1. The zero-order valence-electron chi connectivity index (χ0n) is 8.82. The van der Waals surface area contributed by atoms with E-state index in [-0.39, 0.29) is 5.54 Å². The summed E-state index contributed by atoms with van der Waals surface area (Å²) in [4.78, 5) is 4.52. The highest BCUT2D eigenvalue weighted by molar-refractivity contribution is 7.09. The van der Waals surface area contributed by atoms with Crippen molar-refractivity contribution < 1.29 is 4.74 Å². The van der Waals surface area contributed by atoms with Crippen LogP contribution in [0, 0.1) is 0 Å². The number of nitrogens with one attached hydrogen (secondary N) is 1. The fourth-order valence-corrected chi connectivity index (χ4v) is 2.61.